The van der Waals surface area contributed by atoms with Crippen molar-refractivity contribution < 1.29 is 64.6 Å². The van der Waals surface area contributed by atoms with Crippen LogP contribution >= 0.6 is 0 Å². The van der Waals surface area contributed by atoms with Gasteiger partial charge in [-0.15, -0.1) is 0 Å². The second-order valence-electron chi connectivity index (χ2n) is 25.7. The van der Waals surface area contributed by atoms with Gasteiger partial charge in [0.15, 0.2) is 12.6 Å². The summed E-state index contributed by atoms with van der Waals surface area (Å²) in [7, 11) is 0. The van der Waals surface area contributed by atoms with Gasteiger partial charge in [-0.25, -0.2) is 0 Å². The number of hydrogen-bond acceptors (Lipinski definition) is 13. The molecule has 2 saturated heterocycles. The highest BCUT2D eigenvalue weighted by atomic mass is 16.7. The average molecular weight is 1330 g/mol. The maximum absolute atomic E-state index is 13.3. The third kappa shape index (κ3) is 46.7. The van der Waals surface area contributed by atoms with Gasteiger partial charge >= 0.3 is 0 Å². The lowest BCUT2D eigenvalue weighted by Gasteiger charge is -2.46. The van der Waals surface area contributed by atoms with Crippen LogP contribution in [0.1, 0.15) is 264 Å². The first-order valence-corrected chi connectivity index (χ1v) is 37.6. The van der Waals surface area contributed by atoms with Crippen molar-refractivity contribution in [3.8, 4) is 0 Å². The summed E-state index contributed by atoms with van der Waals surface area (Å²) in [5.41, 5.74) is 0. The first kappa shape index (κ1) is 87.0. The molecule has 1 amide bonds. The Balaban J connectivity index is 1.63. The number of unbranched alkanes of at least 4 members (excludes halogenated alkanes) is 25. The second-order valence-corrected chi connectivity index (χ2v) is 25.7. The Morgan fingerprint density at radius 2 is 0.737 bits per heavy atom. The number of nitrogens with one attached hydrogen (secondary N) is 1. The molecule has 14 nitrogen and oxygen atoms in total. The molecule has 12 unspecified atom stereocenters. The van der Waals surface area contributed by atoms with Crippen molar-refractivity contribution in [2.24, 2.45) is 0 Å². The van der Waals surface area contributed by atoms with Gasteiger partial charge in [0.05, 0.1) is 32.0 Å². The van der Waals surface area contributed by atoms with Crippen LogP contribution in [0.15, 0.2) is 146 Å². The number of ether oxygens (including phenoxy) is 4. The molecule has 0 saturated carbocycles. The van der Waals surface area contributed by atoms with Gasteiger partial charge in [0.25, 0.3) is 0 Å². The fraction of sp³-hybridized carbons (Fsp3) is 0.691. The molecule has 14 heteroatoms. The molecule has 2 aliphatic rings. The summed E-state index contributed by atoms with van der Waals surface area (Å²) in [6, 6.07) is -0.949. The number of hydrogen-bond donors (Lipinski definition) is 9. The van der Waals surface area contributed by atoms with Crippen LogP contribution in [-0.2, 0) is 23.7 Å². The third-order valence-corrected chi connectivity index (χ3v) is 17.2. The predicted molar refractivity (Wildman–Crippen MR) is 391 cm³/mol. The van der Waals surface area contributed by atoms with Gasteiger partial charge in [-0.05, 0) is 116 Å². The molecule has 0 aromatic heterocycles. The maximum Gasteiger partial charge on any atom is 0.220 e. The Morgan fingerprint density at radius 3 is 1.16 bits per heavy atom. The molecule has 2 fully saturated rings. The van der Waals surface area contributed by atoms with Crippen molar-refractivity contribution in [2.75, 3.05) is 19.8 Å². The van der Waals surface area contributed by atoms with E-state index in [-0.39, 0.29) is 18.9 Å². The molecule has 0 radical (unpaired) electrons. The molecule has 0 spiro atoms. The van der Waals surface area contributed by atoms with Crippen LogP contribution in [0.3, 0.4) is 0 Å². The predicted octanol–water partition coefficient (Wildman–Crippen LogP) is 16.4. The zero-order valence-electron chi connectivity index (χ0n) is 59.1. The van der Waals surface area contributed by atoms with Gasteiger partial charge in [-0.1, -0.05) is 288 Å². The highest BCUT2D eigenvalue weighted by Crippen LogP contribution is 2.30. The lowest BCUT2D eigenvalue weighted by Crippen LogP contribution is -2.65. The second kappa shape index (κ2) is 63.3. The molecule has 542 valence electrons. The van der Waals surface area contributed by atoms with Gasteiger partial charge < -0.3 is 65.1 Å². The Kier molecular flexibility index (Phi) is 58.0. The summed E-state index contributed by atoms with van der Waals surface area (Å²) in [5.74, 6) is -0.259. The normalized spacial score (nSPS) is 23.2. The van der Waals surface area contributed by atoms with Crippen LogP contribution in [0.2, 0.25) is 0 Å². The fourth-order valence-electron chi connectivity index (χ4n) is 11.3. The van der Waals surface area contributed by atoms with Crippen LogP contribution in [0.5, 0.6) is 0 Å². The monoisotopic (exact) mass is 1330 g/mol. The van der Waals surface area contributed by atoms with E-state index >= 15 is 0 Å². The molecular formula is C81H135NO13. The summed E-state index contributed by atoms with van der Waals surface area (Å²) < 4.78 is 22.8. The summed E-state index contributed by atoms with van der Waals surface area (Å²) >= 11 is 0. The summed E-state index contributed by atoms with van der Waals surface area (Å²) in [6.07, 6.45) is 79.1. The molecule has 0 aromatic carbocycles. The minimum absolute atomic E-state index is 0.259. The molecule has 0 aromatic rings. The van der Waals surface area contributed by atoms with Crippen molar-refractivity contribution >= 4 is 5.91 Å². The highest BCUT2D eigenvalue weighted by molar-refractivity contribution is 5.76. The summed E-state index contributed by atoms with van der Waals surface area (Å²) in [5, 5.41) is 87.5. The molecule has 9 N–H and O–H groups in total. The lowest BCUT2D eigenvalue weighted by molar-refractivity contribution is -0.359. The molecule has 0 bridgehead atoms. The Labute approximate surface area is 576 Å². The molecule has 12 atom stereocenters. The van der Waals surface area contributed by atoms with Crippen LogP contribution in [-0.4, -0.2) is 140 Å². The third-order valence-electron chi connectivity index (χ3n) is 17.2. The SMILES string of the molecule is CC/C=C\C/C=C\C/C=C\C/C=C\C/C=C\C/C=C\C/C=C\C/C=C\C/C=C\CCCCCCCCCCCCCCCC(=O)NC(COC1OC(CO)C(OC2OC(CO)C(O)C(O)C2O)C(O)C1O)C(O)/C=C/CC/C=C/CC/C=C/CCCCCCCCCCCC. The zero-order chi connectivity index (χ0) is 68.7. The summed E-state index contributed by atoms with van der Waals surface area (Å²) in [4.78, 5) is 13.3. The quantitative estimate of drug-likeness (QED) is 0.0204. The zero-order valence-corrected chi connectivity index (χ0v) is 59.1. The number of allylic oxidation sites excluding steroid dienone is 23. The molecular weight excluding hydrogens is 1190 g/mol. The minimum atomic E-state index is -1.80. The topological polar surface area (TPSA) is 228 Å². The molecule has 95 heavy (non-hydrogen) atoms. The maximum atomic E-state index is 13.3. The van der Waals surface area contributed by atoms with Crippen molar-refractivity contribution in [2.45, 2.75) is 338 Å². The van der Waals surface area contributed by atoms with E-state index in [1.807, 2.05) is 6.08 Å². The number of rotatable bonds is 60. The van der Waals surface area contributed by atoms with Gasteiger partial charge in [-0.2, -0.15) is 0 Å². The number of aliphatic hydroxyl groups excluding tert-OH is 8. The standard InChI is InChI=1S/C81H135NO13/c1-3-5-7-9-11-13-15-17-19-21-23-25-26-27-28-29-30-31-32-33-34-35-36-37-38-39-40-41-42-43-44-45-47-49-51-53-55-57-59-61-63-65-73(86)82-69(70(85)64-62-60-58-56-54-52-50-48-46-24-22-20-18-16-14-12-10-8-6-4-2)68-92-80-78(91)76(89)79(72(67-84)94-80)95-81-77(90)75(88)74(87)71(66-83)93-81/h5,7,11,13,17,19,23,25,27-28,30-31,33-34,36-37,39-40,46,48,54,56,62,64,69-72,74-81,83-85,87-91H,3-4,6,8-10,12,14-16,18,20-22,24,26,29,32,35,38,41-45,47,49-53,55,57-61,63,65-68H2,1-2H3,(H,82,86)/b7-5-,13-11-,19-17-,25-23-,28-27-,31-30-,34-33-,37-36-,40-39-,48-46+,56-54+,64-62+. The first-order chi connectivity index (χ1) is 46.6. The van der Waals surface area contributed by atoms with Gasteiger partial charge in [0.2, 0.25) is 5.91 Å². The van der Waals surface area contributed by atoms with E-state index < -0.39 is 86.8 Å². The van der Waals surface area contributed by atoms with Crippen molar-refractivity contribution in [3.05, 3.63) is 146 Å². The van der Waals surface area contributed by atoms with E-state index in [9.17, 15) is 45.6 Å². The number of aliphatic hydroxyl groups is 8. The van der Waals surface area contributed by atoms with Crippen LogP contribution in [0.4, 0.5) is 0 Å². The Bertz CT molecular complexity index is 2160. The van der Waals surface area contributed by atoms with Crippen molar-refractivity contribution in [1.29, 1.82) is 0 Å². The highest BCUT2D eigenvalue weighted by Gasteiger charge is 2.51. The van der Waals surface area contributed by atoms with Crippen molar-refractivity contribution in [1.82, 2.24) is 5.32 Å². The van der Waals surface area contributed by atoms with E-state index in [4.69, 9.17) is 18.9 Å². The van der Waals surface area contributed by atoms with E-state index in [2.05, 4.69) is 153 Å². The van der Waals surface area contributed by atoms with Crippen LogP contribution < -0.4 is 5.32 Å². The fourth-order valence-corrected chi connectivity index (χ4v) is 11.3. The first-order valence-electron chi connectivity index (χ1n) is 37.6. The Hall–Kier alpha value is -4.13. The minimum Gasteiger partial charge on any atom is -0.394 e. The van der Waals surface area contributed by atoms with Crippen molar-refractivity contribution in [3.63, 3.8) is 0 Å². The van der Waals surface area contributed by atoms with Crippen LogP contribution in [0, 0.1) is 0 Å². The average Bonchev–Trinajstić information content (AvgIpc) is 0.897. The molecule has 2 aliphatic heterocycles. The molecule has 0 aliphatic carbocycles. The van der Waals surface area contributed by atoms with E-state index in [1.54, 1.807) is 6.08 Å². The van der Waals surface area contributed by atoms with Crippen LogP contribution in [0.25, 0.3) is 0 Å². The Morgan fingerprint density at radius 1 is 0.389 bits per heavy atom. The van der Waals surface area contributed by atoms with E-state index in [1.165, 1.54) is 122 Å². The van der Waals surface area contributed by atoms with E-state index in [0.29, 0.717) is 12.8 Å². The smallest absolute Gasteiger partial charge is 0.220 e. The van der Waals surface area contributed by atoms with Gasteiger partial charge in [0, 0.05) is 6.42 Å². The number of amides is 1. The van der Waals surface area contributed by atoms with Gasteiger partial charge in [0.1, 0.15) is 48.8 Å². The van der Waals surface area contributed by atoms with Gasteiger partial charge in [-0.3, -0.25) is 4.79 Å². The number of carbonyl (C=O) groups excluding carboxylic acids is 1. The largest absolute Gasteiger partial charge is 0.394 e. The molecule has 2 heterocycles. The number of carbonyl (C=O) groups is 1. The van der Waals surface area contributed by atoms with E-state index in [0.717, 1.165) is 109 Å². The summed E-state index contributed by atoms with van der Waals surface area (Å²) in [6.45, 7) is 2.66. The molecule has 2 rings (SSSR count). The lowest BCUT2D eigenvalue weighted by atomic mass is 9.97.